The average molecular weight is 1810 g/mol. The Balaban J connectivity index is 0.000000308. The summed E-state index contributed by atoms with van der Waals surface area (Å²) in [7, 11) is -2.26. The first-order valence-corrected chi connectivity index (χ1v) is 46.5. The minimum Gasteiger partial charge on any atom is -0.496 e. The molecule has 6 aliphatic carbocycles. The van der Waals surface area contributed by atoms with Crippen LogP contribution in [0.15, 0.2) is 42.9 Å². The van der Waals surface area contributed by atoms with Gasteiger partial charge in [-0.25, -0.2) is 66.1 Å². The summed E-state index contributed by atoms with van der Waals surface area (Å²) in [5.41, 5.74) is -0.387. The molecule has 3 N–H and O–H groups in total. The van der Waals surface area contributed by atoms with Gasteiger partial charge in [-0.05, 0) is 182 Å². The lowest BCUT2D eigenvalue weighted by Gasteiger charge is -2.50. The fourth-order valence-electron chi connectivity index (χ4n) is 19.1. The minimum atomic E-state index is -3.66. The maximum atomic E-state index is 15.5. The standard InChI is InChI=1S/C69H65N5O8.C34H39N9O7S/c1-7-9-11-13-15-17-19-21-23-34-46-77-81-53(4)50-73(51-54(5)82-78-47-35-24-22-20-18-16-14-12-10-8-2)69(76)80-67-63(70-6)62(66-71-65(72-74(66)67)58-44-42-52(3)43-45-58)68(75)79-64-60(56-38-30-26-31-39-56)48-59(55-36-28-25-29-37-55)49-61(64)57-40-32-27-33-41-57;1-20-17-21(2)29(22(3)18-20)49-33(44)27-28(38-4)32(50-34(45)42(16-8-14-36)24(12-15-37)9-7-13-35)43-31(27)39-30(40-43)25-19-23(41-51(6,46)47)10-11-26(25)48-5/h1-2,52,55-61,64H,4-5,25-33,36-45,48-51H2,3H3,(H,71,72);10-11,19-22,24,29,41H,7-9,12,16-18H2,1-3,5-6H3,(H,39,40). The van der Waals surface area contributed by atoms with Crippen molar-refractivity contribution in [3.05, 3.63) is 82.7 Å². The third-order valence-electron chi connectivity index (χ3n) is 24.9. The number of benzene rings is 1. The van der Waals surface area contributed by atoms with Crippen molar-refractivity contribution < 1.29 is 70.8 Å². The van der Waals surface area contributed by atoms with Gasteiger partial charge in [-0.15, -0.1) is 12.8 Å². The van der Waals surface area contributed by atoms with Crippen molar-refractivity contribution in [1.29, 1.82) is 15.8 Å². The Hall–Kier alpha value is -15.4. The minimum absolute atomic E-state index is 0.0249. The summed E-state index contributed by atoms with van der Waals surface area (Å²) < 4.78 is 59.6. The van der Waals surface area contributed by atoms with Gasteiger partial charge in [-0.2, -0.15) is 15.8 Å². The summed E-state index contributed by atoms with van der Waals surface area (Å²) in [6.07, 6.45) is 38.4. The van der Waals surface area contributed by atoms with Crippen LogP contribution in [-0.4, -0.2) is 123 Å². The first kappa shape index (κ1) is 99.8. The van der Waals surface area contributed by atoms with E-state index < -0.39 is 65.3 Å². The Labute approximate surface area is 779 Å². The number of anilines is 1. The predicted octanol–water partition coefficient (Wildman–Crippen LogP) is 17.1. The number of H-pyrrole nitrogens is 2. The van der Waals surface area contributed by atoms with Crippen LogP contribution >= 0.6 is 0 Å². The number of amides is 2. The number of nitriles is 3. The fraction of sp³-hybridized carbons (Fsp3) is 0.485. The molecular weight excluding hydrogens is 1710 g/mol. The highest BCUT2D eigenvalue weighted by atomic mass is 32.2. The number of rotatable bonds is 28. The zero-order valence-electron chi connectivity index (χ0n) is 75.5. The van der Waals surface area contributed by atoms with E-state index in [1.165, 1.54) is 100 Å². The second-order valence-corrected chi connectivity index (χ2v) is 35.9. The molecule has 30 heteroatoms. The molecule has 0 radical (unpaired) electrons. The van der Waals surface area contributed by atoms with E-state index in [-0.39, 0.29) is 142 Å². The lowest BCUT2D eigenvalue weighted by Crippen LogP contribution is -2.48. The number of fused-ring (bicyclic) bond motifs is 2. The molecule has 5 atom stereocenters. The smallest absolute Gasteiger partial charge is 0.416 e. The lowest BCUT2D eigenvalue weighted by atomic mass is 9.58. The van der Waals surface area contributed by atoms with Crippen molar-refractivity contribution >= 4 is 62.5 Å². The van der Waals surface area contributed by atoms with Gasteiger partial charge in [0.15, 0.2) is 40.9 Å². The molecule has 6 aliphatic rings. The Kier molecular flexibility index (Phi) is 37.9. The zero-order chi connectivity index (χ0) is 95.2. The zero-order valence-corrected chi connectivity index (χ0v) is 76.4. The van der Waals surface area contributed by atoms with Crippen LogP contribution in [0.2, 0.25) is 0 Å². The molecule has 0 saturated heterocycles. The van der Waals surface area contributed by atoms with Crippen molar-refractivity contribution in [3.63, 3.8) is 0 Å². The van der Waals surface area contributed by atoms with Gasteiger partial charge in [-0.3, -0.25) is 29.6 Å². The number of methoxy groups -OCH3 is 1. The molecule has 4 heterocycles. The summed E-state index contributed by atoms with van der Waals surface area (Å²) in [5.74, 6) is 50.7. The molecule has 29 nitrogen and oxygen atoms in total. The Morgan fingerprint density at radius 1 is 0.579 bits per heavy atom. The molecule has 6 fully saturated rings. The molecule has 2 amide bonds. The van der Waals surface area contributed by atoms with Gasteiger partial charge in [-0.1, -0.05) is 150 Å². The molecule has 5 aromatic rings. The topological polar surface area (TPSA) is 350 Å². The Morgan fingerprint density at radius 3 is 1.52 bits per heavy atom. The highest BCUT2D eigenvalue weighted by molar-refractivity contribution is 7.92. The number of nitrogens with zero attached hydrogens (tertiary/aromatic N) is 11. The number of terminal acetylenes is 2. The normalized spacial score (nSPS) is 20.1. The van der Waals surface area contributed by atoms with E-state index in [4.69, 9.17) is 74.2 Å². The van der Waals surface area contributed by atoms with Crippen molar-refractivity contribution in [2.24, 2.45) is 59.2 Å². The second-order valence-electron chi connectivity index (χ2n) is 34.1. The molecule has 5 unspecified atom stereocenters. The number of aromatic nitrogens is 6. The van der Waals surface area contributed by atoms with E-state index in [0.29, 0.717) is 41.3 Å². The third-order valence-corrected chi connectivity index (χ3v) is 25.5. The van der Waals surface area contributed by atoms with Crippen molar-refractivity contribution in [2.75, 3.05) is 37.7 Å². The number of nitrogens with one attached hydrogen (secondary N) is 3. The Morgan fingerprint density at radius 2 is 1.05 bits per heavy atom. The molecule has 0 aliphatic heterocycles. The summed E-state index contributed by atoms with van der Waals surface area (Å²) in [5, 5.41) is 34.2. The van der Waals surface area contributed by atoms with Gasteiger partial charge in [0.2, 0.25) is 21.8 Å². The molecule has 682 valence electrons. The number of hydrogen-bond donors (Lipinski definition) is 3. The third kappa shape index (κ3) is 28.1. The summed E-state index contributed by atoms with van der Waals surface area (Å²) in [6.45, 7) is 31.9. The first-order chi connectivity index (χ1) is 64.4. The van der Waals surface area contributed by atoms with E-state index in [0.717, 1.165) is 97.6 Å². The maximum Gasteiger partial charge on any atom is 0.416 e. The molecule has 1 aromatic carbocycles. The summed E-state index contributed by atoms with van der Waals surface area (Å²) in [6, 6.07) is 9.61. The number of carbonyl (C=O) groups excluding carboxylic acids is 4. The van der Waals surface area contributed by atoms with Crippen LogP contribution in [0.3, 0.4) is 0 Å². The van der Waals surface area contributed by atoms with Crippen LogP contribution < -0.4 is 18.9 Å². The first-order valence-electron chi connectivity index (χ1n) is 44.6. The Bertz CT molecular complexity index is 6130. The number of aromatic amines is 2. The number of carbonyl (C=O) groups is 4. The predicted molar refractivity (Wildman–Crippen MR) is 494 cm³/mol. The SMILES string of the molecule is [C-]#[N+]c1c(C(=O)OC2C(C)CC(C)CC2C)c2nc(-c3cc(NS(C)(=O)=O)ccc3OC)[nH]n2c1OC(=O)N(CCC#N)C(CC#N)CCC#N.[C-]#[N+]c1c(C(=O)OC2C(C3CCCCC3)CC(C3CCCCC3)CC2C2CCCCC2)c2nc(C3CCC(C)CC3)[nH]n2c1OC(=O)N(CC(=C)OOC#CC#CC#CC#CC#CC#C)CC(=C)OOC#CC#CC#CC#CC#CC#C. The quantitative estimate of drug-likeness (QED) is 0.0105. The highest BCUT2D eigenvalue weighted by Gasteiger charge is 2.50. The van der Waals surface area contributed by atoms with Crippen LogP contribution in [0.4, 0.5) is 26.7 Å². The maximum absolute atomic E-state index is 15.5. The monoisotopic (exact) mass is 1810 g/mol. The largest absolute Gasteiger partial charge is 0.496 e. The molecular formula is C103H104N14O15S. The van der Waals surface area contributed by atoms with Gasteiger partial charge in [0.25, 0.3) is 11.4 Å². The van der Waals surface area contributed by atoms with E-state index in [1.807, 2.05) is 32.1 Å². The van der Waals surface area contributed by atoms with E-state index in [9.17, 15) is 38.6 Å². The van der Waals surface area contributed by atoms with Crippen LogP contribution in [0.25, 0.3) is 32.4 Å². The molecule has 0 bridgehead atoms. The van der Waals surface area contributed by atoms with Crippen LogP contribution in [0.1, 0.15) is 234 Å². The number of sulfonamides is 1. The van der Waals surface area contributed by atoms with Gasteiger partial charge in [0, 0.05) is 89.8 Å². The van der Waals surface area contributed by atoms with E-state index >= 15 is 4.79 Å². The van der Waals surface area contributed by atoms with Crippen LogP contribution in [0, 0.1) is 250 Å². The van der Waals surface area contributed by atoms with Gasteiger partial charge >= 0.3 is 24.1 Å². The van der Waals surface area contributed by atoms with Crippen molar-refractivity contribution in [3.8, 4) is 191 Å². The lowest BCUT2D eigenvalue weighted by molar-refractivity contribution is -0.205. The number of esters is 2. The van der Waals surface area contributed by atoms with Gasteiger partial charge in [0.1, 0.15) is 34.9 Å². The number of hydrogen-bond acceptors (Lipinski definition) is 20. The fourth-order valence-corrected chi connectivity index (χ4v) is 19.7. The molecule has 0 spiro atoms. The summed E-state index contributed by atoms with van der Waals surface area (Å²) >= 11 is 0. The number of ether oxygens (including phenoxy) is 5. The summed E-state index contributed by atoms with van der Waals surface area (Å²) in [4.78, 5) is 98.0. The second kappa shape index (κ2) is 50.5. The van der Waals surface area contributed by atoms with E-state index in [1.54, 1.807) is 0 Å². The van der Waals surface area contributed by atoms with Gasteiger partial charge in [0.05, 0.1) is 76.2 Å². The van der Waals surface area contributed by atoms with Gasteiger partial charge < -0.3 is 28.6 Å². The average Bonchev–Trinajstić information content (AvgIpc) is 1.60. The van der Waals surface area contributed by atoms with E-state index in [2.05, 4.69) is 187 Å². The molecule has 11 rings (SSSR count). The van der Waals surface area contributed by atoms with Crippen LogP contribution in [-0.2, 0) is 39.0 Å². The molecule has 4 aromatic heterocycles. The molecule has 6 saturated carbocycles. The molecule has 133 heavy (non-hydrogen) atoms. The van der Waals surface area contributed by atoms with Crippen molar-refractivity contribution in [2.45, 2.75) is 225 Å². The highest BCUT2D eigenvalue weighted by Crippen LogP contribution is 2.54. The van der Waals surface area contributed by atoms with Crippen molar-refractivity contribution in [1.82, 2.24) is 39.0 Å². The van der Waals surface area contributed by atoms with Crippen LogP contribution in [0.5, 0.6) is 17.5 Å².